The van der Waals surface area contributed by atoms with Crippen LogP contribution in [0, 0.1) is 0 Å². The van der Waals surface area contributed by atoms with Gasteiger partial charge in [0, 0.05) is 13.1 Å². The van der Waals surface area contributed by atoms with Gasteiger partial charge in [-0.15, -0.1) is 0 Å². The fourth-order valence-corrected chi connectivity index (χ4v) is 4.36. The van der Waals surface area contributed by atoms with Crippen molar-refractivity contribution in [3.63, 3.8) is 0 Å². The zero-order valence-corrected chi connectivity index (χ0v) is 14.7. The van der Waals surface area contributed by atoms with E-state index in [0.717, 1.165) is 45.2 Å². The van der Waals surface area contributed by atoms with Gasteiger partial charge in [-0.1, -0.05) is 19.3 Å². The molecule has 3 rings (SSSR count). The van der Waals surface area contributed by atoms with Crippen LogP contribution in [-0.4, -0.2) is 58.6 Å². The molecule has 0 radical (unpaired) electrons. The molecular formula is C18H28N2O5. The van der Waals surface area contributed by atoms with Gasteiger partial charge in [0.05, 0.1) is 12.0 Å². The van der Waals surface area contributed by atoms with Crippen LogP contribution >= 0.6 is 0 Å². The summed E-state index contributed by atoms with van der Waals surface area (Å²) in [5, 5.41) is 12.2. The lowest BCUT2D eigenvalue weighted by molar-refractivity contribution is -0.146. The number of rotatable bonds is 5. The maximum Gasteiger partial charge on any atom is 0.305 e. The average Bonchev–Trinajstić information content (AvgIpc) is 3.26. The summed E-state index contributed by atoms with van der Waals surface area (Å²) in [6, 6.07) is 0. The minimum Gasteiger partial charge on any atom is -0.481 e. The molecule has 1 saturated carbocycles. The molecule has 3 aliphatic rings. The summed E-state index contributed by atoms with van der Waals surface area (Å²) in [6.07, 6.45) is 6.19. The van der Waals surface area contributed by atoms with Crippen LogP contribution in [0.5, 0.6) is 0 Å². The third-order valence-electron chi connectivity index (χ3n) is 5.69. The van der Waals surface area contributed by atoms with Gasteiger partial charge in [-0.25, -0.2) is 0 Å². The molecule has 3 fully saturated rings. The van der Waals surface area contributed by atoms with E-state index in [1.54, 1.807) is 0 Å². The number of nitrogens with one attached hydrogen (secondary N) is 1. The molecule has 2 aliphatic heterocycles. The molecule has 2 saturated heterocycles. The molecule has 1 aliphatic carbocycles. The van der Waals surface area contributed by atoms with Gasteiger partial charge in [-0.05, 0) is 38.5 Å². The molecule has 140 valence electrons. The van der Waals surface area contributed by atoms with Crippen molar-refractivity contribution in [2.24, 2.45) is 0 Å². The van der Waals surface area contributed by atoms with Gasteiger partial charge in [0.1, 0.15) is 12.2 Å². The van der Waals surface area contributed by atoms with E-state index in [4.69, 9.17) is 4.74 Å². The van der Waals surface area contributed by atoms with E-state index in [1.807, 2.05) is 4.90 Å². The van der Waals surface area contributed by atoms with Gasteiger partial charge in [0.15, 0.2) is 0 Å². The monoisotopic (exact) mass is 352 g/mol. The Bertz CT molecular complexity index is 524. The largest absolute Gasteiger partial charge is 0.481 e. The lowest BCUT2D eigenvalue weighted by Gasteiger charge is -2.37. The van der Waals surface area contributed by atoms with E-state index in [-0.39, 0.29) is 18.2 Å². The number of carbonyl (C=O) groups excluding carboxylic acids is 2. The number of hydrogen-bond donors (Lipinski definition) is 2. The van der Waals surface area contributed by atoms with Crippen molar-refractivity contribution in [2.75, 3.05) is 13.1 Å². The Morgan fingerprint density at radius 2 is 1.64 bits per heavy atom. The number of nitrogens with zero attached hydrogens (tertiary/aromatic N) is 1. The number of aliphatic carboxylic acids is 1. The summed E-state index contributed by atoms with van der Waals surface area (Å²) in [4.78, 5) is 38.1. The quantitative estimate of drug-likeness (QED) is 0.781. The van der Waals surface area contributed by atoms with Crippen LogP contribution in [0.2, 0.25) is 0 Å². The Kier molecular flexibility index (Phi) is 5.61. The Hall–Kier alpha value is -1.63. The first-order chi connectivity index (χ1) is 12.0. The Labute approximate surface area is 148 Å². The van der Waals surface area contributed by atoms with Crippen LogP contribution in [0.15, 0.2) is 0 Å². The predicted octanol–water partition coefficient (Wildman–Crippen LogP) is 1.45. The van der Waals surface area contributed by atoms with Crippen LogP contribution in [0.3, 0.4) is 0 Å². The van der Waals surface area contributed by atoms with Gasteiger partial charge in [0.25, 0.3) is 5.91 Å². The third-order valence-corrected chi connectivity index (χ3v) is 5.69. The minimum atomic E-state index is -0.892. The normalized spacial score (nSPS) is 28.7. The molecule has 0 aromatic heterocycles. The molecule has 2 N–H and O–H groups in total. The Balaban J connectivity index is 1.57. The molecule has 2 amide bonds. The summed E-state index contributed by atoms with van der Waals surface area (Å²) < 4.78 is 5.74. The highest BCUT2D eigenvalue weighted by atomic mass is 16.5. The molecule has 0 aromatic rings. The minimum absolute atomic E-state index is 0.00860. The van der Waals surface area contributed by atoms with E-state index >= 15 is 0 Å². The maximum absolute atomic E-state index is 12.6. The van der Waals surface area contributed by atoms with Crippen molar-refractivity contribution < 1.29 is 24.2 Å². The fraction of sp³-hybridized carbons (Fsp3) is 0.833. The topological polar surface area (TPSA) is 95.9 Å². The molecule has 2 atom stereocenters. The zero-order chi connectivity index (χ0) is 17.9. The molecule has 7 nitrogen and oxygen atoms in total. The van der Waals surface area contributed by atoms with Crippen LogP contribution in [-0.2, 0) is 19.1 Å². The number of carboxylic acid groups (broad SMARTS) is 1. The first-order valence-electron chi connectivity index (χ1n) is 9.47. The molecule has 0 aromatic carbocycles. The van der Waals surface area contributed by atoms with Gasteiger partial charge in [-0.2, -0.15) is 0 Å². The summed E-state index contributed by atoms with van der Waals surface area (Å²) in [7, 11) is 0. The highest BCUT2D eigenvalue weighted by Crippen LogP contribution is 2.32. The molecule has 2 heterocycles. The van der Waals surface area contributed by atoms with Crippen molar-refractivity contribution in [2.45, 2.75) is 82.0 Å². The SMILES string of the molecule is O=C(O)CC1(NC(=O)[C@@H]2CC[C@H](C(=O)N3CCCC3)O2)CCCCC1. The van der Waals surface area contributed by atoms with Gasteiger partial charge in [-0.3, -0.25) is 14.4 Å². The number of amides is 2. The van der Waals surface area contributed by atoms with Gasteiger partial charge in [0.2, 0.25) is 5.91 Å². The molecule has 25 heavy (non-hydrogen) atoms. The van der Waals surface area contributed by atoms with Crippen molar-refractivity contribution in [3.05, 3.63) is 0 Å². The average molecular weight is 352 g/mol. The van der Waals surface area contributed by atoms with Crippen molar-refractivity contribution >= 4 is 17.8 Å². The van der Waals surface area contributed by atoms with Crippen molar-refractivity contribution in [1.29, 1.82) is 0 Å². The Morgan fingerprint density at radius 1 is 1.00 bits per heavy atom. The van der Waals surface area contributed by atoms with E-state index < -0.39 is 23.7 Å². The maximum atomic E-state index is 12.6. The predicted molar refractivity (Wildman–Crippen MR) is 89.9 cm³/mol. The molecule has 0 spiro atoms. The number of carbonyl (C=O) groups is 3. The first-order valence-corrected chi connectivity index (χ1v) is 9.47. The summed E-state index contributed by atoms with van der Waals surface area (Å²) >= 11 is 0. The second kappa shape index (κ2) is 7.72. The van der Waals surface area contributed by atoms with Crippen LogP contribution in [0.25, 0.3) is 0 Å². The van der Waals surface area contributed by atoms with Crippen molar-refractivity contribution in [3.8, 4) is 0 Å². The van der Waals surface area contributed by atoms with E-state index in [1.165, 1.54) is 0 Å². The second-order valence-corrected chi connectivity index (χ2v) is 7.62. The number of likely N-dealkylation sites (tertiary alicyclic amines) is 1. The third kappa shape index (κ3) is 4.32. The molecule has 7 heteroatoms. The van der Waals surface area contributed by atoms with E-state index in [9.17, 15) is 19.5 Å². The standard InChI is InChI=1S/C18H28N2O5/c21-15(22)12-18(8-2-1-3-9-18)19-16(23)13-6-7-14(25-13)17(24)20-10-4-5-11-20/h13-14H,1-12H2,(H,19,23)(H,21,22)/t13-,14+/m0/s1. The lowest BCUT2D eigenvalue weighted by atomic mass is 9.79. The number of ether oxygens (including phenoxy) is 1. The summed E-state index contributed by atoms with van der Waals surface area (Å²) in [5.74, 6) is -1.16. The lowest BCUT2D eigenvalue weighted by Crippen LogP contribution is -2.54. The highest BCUT2D eigenvalue weighted by molar-refractivity contribution is 5.86. The van der Waals surface area contributed by atoms with Crippen LogP contribution in [0.4, 0.5) is 0 Å². The highest BCUT2D eigenvalue weighted by Gasteiger charge is 2.41. The van der Waals surface area contributed by atoms with Crippen LogP contribution in [0.1, 0.15) is 64.2 Å². The second-order valence-electron chi connectivity index (χ2n) is 7.62. The zero-order valence-electron chi connectivity index (χ0n) is 14.7. The fourth-order valence-electron chi connectivity index (χ4n) is 4.36. The number of carboxylic acids is 1. The summed E-state index contributed by atoms with van der Waals surface area (Å²) in [6.45, 7) is 1.55. The Morgan fingerprint density at radius 3 is 2.28 bits per heavy atom. The van der Waals surface area contributed by atoms with E-state index in [0.29, 0.717) is 25.7 Å². The van der Waals surface area contributed by atoms with Gasteiger partial charge < -0.3 is 20.1 Å². The van der Waals surface area contributed by atoms with Gasteiger partial charge >= 0.3 is 5.97 Å². The summed E-state index contributed by atoms with van der Waals surface area (Å²) in [5.41, 5.74) is -0.665. The van der Waals surface area contributed by atoms with Crippen molar-refractivity contribution in [1.82, 2.24) is 10.2 Å². The van der Waals surface area contributed by atoms with E-state index in [2.05, 4.69) is 5.32 Å². The first kappa shape index (κ1) is 18.2. The number of hydrogen-bond acceptors (Lipinski definition) is 4. The molecule has 0 bridgehead atoms. The smallest absolute Gasteiger partial charge is 0.305 e. The molecule has 0 unspecified atom stereocenters. The molecular weight excluding hydrogens is 324 g/mol. The van der Waals surface area contributed by atoms with Crippen LogP contribution < -0.4 is 5.32 Å².